The van der Waals surface area contributed by atoms with Gasteiger partial charge in [-0.1, -0.05) is 28.9 Å². The fourth-order valence-corrected chi connectivity index (χ4v) is 4.88. The fraction of sp³-hybridized carbons (Fsp3) is 0.0435. The highest BCUT2D eigenvalue weighted by molar-refractivity contribution is 7.91. The van der Waals surface area contributed by atoms with Crippen LogP contribution in [0, 0.1) is 0 Å². The number of rotatable bonds is 5. The molecule has 2 heterocycles. The van der Waals surface area contributed by atoms with Gasteiger partial charge in [-0.15, -0.1) is 5.10 Å². The SMILES string of the molecule is CC(=O)Nc1ccc(Nc2nc3c(S(=O)(=O)c4ccc(Cl)cc4)nnn3c3ccccc23)cc1. The monoisotopic (exact) mass is 492 g/mol. The third-order valence-corrected chi connectivity index (χ3v) is 6.99. The van der Waals surface area contributed by atoms with E-state index in [1.54, 1.807) is 24.3 Å². The first-order valence-electron chi connectivity index (χ1n) is 10.1. The summed E-state index contributed by atoms with van der Waals surface area (Å²) in [6.07, 6.45) is 0. The molecule has 0 aliphatic carbocycles. The summed E-state index contributed by atoms with van der Waals surface area (Å²) in [5.41, 5.74) is 2.08. The molecule has 170 valence electrons. The molecule has 0 fully saturated rings. The number of para-hydroxylation sites is 1. The number of hydrogen-bond acceptors (Lipinski definition) is 7. The van der Waals surface area contributed by atoms with Gasteiger partial charge in [0.25, 0.3) is 0 Å². The minimum absolute atomic E-state index is 0.0392. The van der Waals surface area contributed by atoms with E-state index in [1.807, 2.05) is 24.3 Å². The zero-order valence-corrected chi connectivity index (χ0v) is 19.3. The number of hydrogen-bond donors (Lipinski definition) is 2. The summed E-state index contributed by atoms with van der Waals surface area (Å²) in [7, 11) is -4.00. The van der Waals surface area contributed by atoms with Crippen molar-refractivity contribution < 1.29 is 13.2 Å². The van der Waals surface area contributed by atoms with E-state index < -0.39 is 9.84 Å². The van der Waals surface area contributed by atoms with E-state index in [2.05, 4.69) is 25.9 Å². The predicted molar refractivity (Wildman–Crippen MR) is 129 cm³/mol. The van der Waals surface area contributed by atoms with Crippen LogP contribution in [0.25, 0.3) is 16.6 Å². The number of benzene rings is 3. The number of amides is 1. The third kappa shape index (κ3) is 3.93. The van der Waals surface area contributed by atoms with Crippen molar-refractivity contribution in [1.29, 1.82) is 0 Å². The Kier molecular flexibility index (Phi) is 5.39. The zero-order chi connectivity index (χ0) is 23.9. The summed E-state index contributed by atoms with van der Waals surface area (Å²) in [5, 5.41) is 14.9. The van der Waals surface area contributed by atoms with Crippen molar-refractivity contribution in [3.63, 3.8) is 0 Å². The van der Waals surface area contributed by atoms with Crippen LogP contribution in [0.1, 0.15) is 6.92 Å². The Morgan fingerprint density at radius 2 is 1.62 bits per heavy atom. The molecular formula is C23H17ClN6O3S. The highest BCUT2D eigenvalue weighted by Crippen LogP contribution is 2.30. The van der Waals surface area contributed by atoms with Crippen LogP contribution in [-0.4, -0.2) is 34.1 Å². The number of carbonyl (C=O) groups is 1. The molecule has 5 rings (SSSR count). The number of anilines is 3. The van der Waals surface area contributed by atoms with E-state index in [1.165, 1.54) is 35.7 Å². The average Bonchev–Trinajstić information content (AvgIpc) is 3.25. The Bertz CT molecular complexity index is 1650. The van der Waals surface area contributed by atoms with Gasteiger partial charge in [0.15, 0.2) is 5.65 Å². The Morgan fingerprint density at radius 3 is 2.32 bits per heavy atom. The number of nitrogens with zero attached hydrogens (tertiary/aromatic N) is 4. The molecule has 5 aromatic rings. The van der Waals surface area contributed by atoms with Gasteiger partial charge in [0.2, 0.25) is 20.8 Å². The second-order valence-corrected chi connectivity index (χ2v) is 9.75. The lowest BCUT2D eigenvalue weighted by atomic mass is 10.2. The molecule has 34 heavy (non-hydrogen) atoms. The first-order chi connectivity index (χ1) is 16.3. The van der Waals surface area contributed by atoms with Crippen LogP contribution >= 0.6 is 11.6 Å². The zero-order valence-electron chi connectivity index (χ0n) is 17.7. The van der Waals surface area contributed by atoms with Crippen LogP contribution in [0.5, 0.6) is 0 Å². The number of fused-ring (bicyclic) bond motifs is 3. The summed E-state index contributed by atoms with van der Waals surface area (Å²) in [6, 6.07) is 20.2. The van der Waals surface area contributed by atoms with Crippen molar-refractivity contribution in [2.75, 3.05) is 10.6 Å². The van der Waals surface area contributed by atoms with Gasteiger partial charge in [-0.25, -0.2) is 13.4 Å². The minimum Gasteiger partial charge on any atom is -0.340 e. The van der Waals surface area contributed by atoms with Crippen molar-refractivity contribution in [3.8, 4) is 0 Å². The van der Waals surface area contributed by atoms with E-state index in [-0.39, 0.29) is 21.5 Å². The molecule has 0 aliphatic rings. The molecule has 0 saturated carbocycles. The maximum atomic E-state index is 13.3. The second kappa shape index (κ2) is 8.40. The Morgan fingerprint density at radius 1 is 0.941 bits per heavy atom. The number of aromatic nitrogens is 4. The summed E-state index contributed by atoms with van der Waals surface area (Å²) in [4.78, 5) is 15.9. The summed E-state index contributed by atoms with van der Waals surface area (Å²) in [5.74, 6) is 0.270. The molecule has 2 aromatic heterocycles. The van der Waals surface area contributed by atoms with Gasteiger partial charge in [-0.2, -0.15) is 4.52 Å². The Labute approximate surface area is 199 Å². The van der Waals surface area contributed by atoms with Crippen LogP contribution in [0.4, 0.5) is 17.2 Å². The smallest absolute Gasteiger partial charge is 0.229 e. The molecule has 0 spiro atoms. The molecule has 0 unspecified atom stereocenters. The molecule has 0 atom stereocenters. The summed E-state index contributed by atoms with van der Waals surface area (Å²) >= 11 is 5.91. The average molecular weight is 493 g/mol. The maximum absolute atomic E-state index is 13.3. The maximum Gasteiger partial charge on any atom is 0.229 e. The normalized spacial score (nSPS) is 11.6. The second-order valence-electron chi connectivity index (χ2n) is 7.45. The lowest BCUT2D eigenvalue weighted by Crippen LogP contribution is -2.06. The first-order valence-corrected chi connectivity index (χ1v) is 12.0. The van der Waals surface area contributed by atoms with Crippen molar-refractivity contribution in [1.82, 2.24) is 19.8 Å². The Hall–Kier alpha value is -4.02. The molecule has 2 N–H and O–H groups in total. The topological polar surface area (TPSA) is 118 Å². The van der Waals surface area contributed by atoms with Crippen LogP contribution < -0.4 is 10.6 Å². The quantitative estimate of drug-likeness (QED) is 0.371. The molecule has 0 radical (unpaired) electrons. The van der Waals surface area contributed by atoms with Gasteiger partial charge in [0.05, 0.1) is 10.4 Å². The summed E-state index contributed by atoms with van der Waals surface area (Å²) < 4.78 is 28.0. The molecule has 0 bridgehead atoms. The van der Waals surface area contributed by atoms with Gasteiger partial charge in [0, 0.05) is 28.7 Å². The van der Waals surface area contributed by atoms with Crippen LogP contribution in [0.15, 0.2) is 82.7 Å². The molecule has 0 aliphatic heterocycles. The third-order valence-electron chi connectivity index (χ3n) is 5.07. The molecule has 0 saturated heterocycles. The van der Waals surface area contributed by atoms with E-state index in [9.17, 15) is 13.2 Å². The van der Waals surface area contributed by atoms with E-state index in [4.69, 9.17) is 11.6 Å². The van der Waals surface area contributed by atoms with Crippen molar-refractivity contribution in [3.05, 3.63) is 77.8 Å². The first kappa shape index (κ1) is 21.8. The van der Waals surface area contributed by atoms with Gasteiger partial charge in [-0.05, 0) is 60.7 Å². The predicted octanol–water partition coefficient (Wildman–Crippen LogP) is 4.47. The number of carbonyl (C=O) groups excluding carboxylic acids is 1. The lowest BCUT2D eigenvalue weighted by Gasteiger charge is -2.11. The lowest BCUT2D eigenvalue weighted by molar-refractivity contribution is -0.114. The number of halogens is 1. The molecular weight excluding hydrogens is 476 g/mol. The standard InChI is InChI=1S/C23H17ClN6O3S/c1-14(31)25-16-8-10-17(11-9-16)26-21-19-4-2-3-5-20(19)30-22(27-21)23(28-29-30)34(32,33)18-12-6-15(24)7-13-18/h2-13H,1H3,(H,25,31)(H,26,27). The van der Waals surface area contributed by atoms with Crippen molar-refractivity contribution in [2.24, 2.45) is 0 Å². The van der Waals surface area contributed by atoms with Gasteiger partial charge < -0.3 is 10.6 Å². The van der Waals surface area contributed by atoms with E-state index in [0.717, 1.165) is 5.39 Å². The van der Waals surface area contributed by atoms with Gasteiger partial charge >= 0.3 is 0 Å². The van der Waals surface area contributed by atoms with Crippen molar-refractivity contribution >= 4 is 61.1 Å². The van der Waals surface area contributed by atoms with Crippen LogP contribution in [-0.2, 0) is 14.6 Å². The Balaban J connectivity index is 1.64. The largest absolute Gasteiger partial charge is 0.340 e. The van der Waals surface area contributed by atoms with Gasteiger partial charge in [0.1, 0.15) is 5.82 Å². The molecule has 9 nitrogen and oxygen atoms in total. The van der Waals surface area contributed by atoms with Crippen LogP contribution in [0.3, 0.4) is 0 Å². The number of sulfone groups is 1. The highest BCUT2D eigenvalue weighted by atomic mass is 35.5. The van der Waals surface area contributed by atoms with Gasteiger partial charge in [-0.3, -0.25) is 4.79 Å². The van der Waals surface area contributed by atoms with Crippen molar-refractivity contribution in [2.45, 2.75) is 16.8 Å². The minimum atomic E-state index is -4.00. The molecule has 3 aromatic carbocycles. The van der Waals surface area contributed by atoms with E-state index in [0.29, 0.717) is 27.7 Å². The number of nitrogens with one attached hydrogen (secondary N) is 2. The fourth-order valence-electron chi connectivity index (χ4n) is 3.52. The van der Waals surface area contributed by atoms with E-state index >= 15 is 0 Å². The van der Waals surface area contributed by atoms with Crippen LogP contribution in [0.2, 0.25) is 5.02 Å². The molecule has 1 amide bonds. The highest BCUT2D eigenvalue weighted by Gasteiger charge is 2.27. The molecule has 11 heteroatoms. The summed E-state index contributed by atoms with van der Waals surface area (Å²) in [6.45, 7) is 1.44.